The number of aryl methyl sites for hydroxylation is 2. The molecule has 0 unspecified atom stereocenters. The third-order valence-electron chi connectivity index (χ3n) is 3.39. The van der Waals surface area contributed by atoms with Crippen LogP contribution in [0.25, 0.3) is 5.65 Å². The van der Waals surface area contributed by atoms with E-state index in [9.17, 15) is 4.79 Å². The molecule has 2 N–H and O–H groups in total. The number of carbonyl (C=O) groups is 1. The van der Waals surface area contributed by atoms with Crippen molar-refractivity contribution in [2.45, 2.75) is 39.5 Å². The fourth-order valence-corrected chi connectivity index (χ4v) is 2.32. The molecule has 0 aliphatic carbocycles. The van der Waals surface area contributed by atoms with Gasteiger partial charge < -0.3 is 10.4 Å². The molecule has 0 spiro atoms. The minimum Gasteiger partial charge on any atom is -0.396 e. The molecule has 1 amide bonds. The van der Waals surface area contributed by atoms with E-state index in [0.29, 0.717) is 17.8 Å². The normalized spacial score (nSPS) is 11.0. The number of aliphatic hydroxyl groups is 1. The number of hydrogen-bond acceptors (Lipinski definition) is 4. The number of amides is 1. The van der Waals surface area contributed by atoms with Gasteiger partial charge in [0.25, 0.3) is 5.91 Å². The first-order valence-corrected chi connectivity index (χ1v) is 7.34. The first-order valence-electron chi connectivity index (χ1n) is 7.34. The van der Waals surface area contributed by atoms with Gasteiger partial charge in [0, 0.05) is 24.5 Å². The van der Waals surface area contributed by atoms with Crippen molar-refractivity contribution in [2.75, 3.05) is 13.2 Å². The molecule has 0 bridgehead atoms. The molecule has 6 heteroatoms. The van der Waals surface area contributed by atoms with E-state index < -0.39 is 0 Å². The van der Waals surface area contributed by atoms with Crippen LogP contribution in [0.3, 0.4) is 0 Å². The molecule has 0 radical (unpaired) electrons. The van der Waals surface area contributed by atoms with Gasteiger partial charge in [-0.05, 0) is 32.8 Å². The van der Waals surface area contributed by atoms with E-state index >= 15 is 0 Å². The smallest absolute Gasteiger partial charge is 0.256 e. The van der Waals surface area contributed by atoms with Crippen LogP contribution in [-0.2, 0) is 0 Å². The molecule has 0 aliphatic rings. The van der Waals surface area contributed by atoms with E-state index in [1.54, 1.807) is 10.7 Å². The Morgan fingerprint density at radius 1 is 1.29 bits per heavy atom. The Balaban J connectivity index is 1.97. The molecule has 0 aliphatic heterocycles. The first kappa shape index (κ1) is 15.4. The van der Waals surface area contributed by atoms with E-state index in [4.69, 9.17) is 5.11 Å². The van der Waals surface area contributed by atoms with Crippen LogP contribution in [0.15, 0.2) is 12.3 Å². The van der Waals surface area contributed by atoms with Crippen LogP contribution in [-0.4, -0.2) is 38.8 Å². The summed E-state index contributed by atoms with van der Waals surface area (Å²) in [5, 5.41) is 15.8. The van der Waals surface area contributed by atoms with Crippen LogP contribution in [0, 0.1) is 13.8 Å². The Kier molecular flexibility index (Phi) is 5.27. The predicted octanol–water partition coefficient (Wildman–Crippen LogP) is 1.63. The molecule has 2 aromatic rings. The molecule has 0 saturated carbocycles. The number of rotatable bonds is 7. The van der Waals surface area contributed by atoms with Gasteiger partial charge in [-0.3, -0.25) is 4.79 Å². The lowest BCUT2D eigenvalue weighted by Crippen LogP contribution is -2.24. The van der Waals surface area contributed by atoms with Crippen molar-refractivity contribution in [1.29, 1.82) is 0 Å². The number of nitrogens with zero attached hydrogens (tertiary/aromatic N) is 3. The molecular weight excluding hydrogens is 268 g/mol. The van der Waals surface area contributed by atoms with Crippen LogP contribution >= 0.6 is 0 Å². The van der Waals surface area contributed by atoms with Gasteiger partial charge in [0.05, 0.1) is 6.20 Å². The number of fused-ring (bicyclic) bond motifs is 1. The minimum atomic E-state index is -0.135. The average molecular weight is 290 g/mol. The molecule has 114 valence electrons. The van der Waals surface area contributed by atoms with E-state index in [1.807, 2.05) is 19.9 Å². The maximum absolute atomic E-state index is 12.2. The SMILES string of the molecule is Cc1cc(C)n2ncc(C(=O)NCCCCCCO)c2n1. The largest absolute Gasteiger partial charge is 0.396 e. The number of unbranched alkanes of at least 4 members (excludes halogenated alkanes) is 3. The lowest BCUT2D eigenvalue weighted by molar-refractivity contribution is 0.0954. The number of aliphatic hydroxyl groups excluding tert-OH is 1. The van der Waals surface area contributed by atoms with E-state index in [-0.39, 0.29) is 12.5 Å². The van der Waals surface area contributed by atoms with Gasteiger partial charge in [0.15, 0.2) is 5.65 Å². The molecule has 21 heavy (non-hydrogen) atoms. The molecule has 2 heterocycles. The predicted molar refractivity (Wildman–Crippen MR) is 80.3 cm³/mol. The third-order valence-corrected chi connectivity index (χ3v) is 3.39. The van der Waals surface area contributed by atoms with Crippen LogP contribution in [0.4, 0.5) is 0 Å². The highest BCUT2D eigenvalue weighted by molar-refractivity contribution is 5.99. The summed E-state index contributed by atoms with van der Waals surface area (Å²) in [6.45, 7) is 4.71. The number of nitrogens with one attached hydrogen (secondary N) is 1. The van der Waals surface area contributed by atoms with Crippen LogP contribution in [0.5, 0.6) is 0 Å². The Bertz CT molecular complexity index is 621. The van der Waals surface area contributed by atoms with Crippen molar-refractivity contribution in [3.05, 3.63) is 29.2 Å². The van der Waals surface area contributed by atoms with E-state index in [0.717, 1.165) is 37.1 Å². The number of carbonyl (C=O) groups excluding carboxylic acids is 1. The van der Waals surface area contributed by atoms with Crippen LogP contribution in [0.2, 0.25) is 0 Å². The van der Waals surface area contributed by atoms with Crippen LogP contribution < -0.4 is 5.32 Å². The summed E-state index contributed by atoms with van der Waals surface area (Å²) in [7, 11) is 0. The Morgan fingerprint density at radius 3 is 2.81 bits per heavy atom. The molecule has 0 fully saturated rings. The summed E-state index contributed by atoms with van der Waals surface area (Å²) in [6, 6.07) is 1.93. The highest BCUT2D eigenvalue weighted by Gasteiger charge is 2.14. The Hall–Kier alpha value is -1.95. The van der Waals surface area contributed by atoms with E-state index in [2.05, 4.69) is 15.4 Å². The Labute approximate surface area is 124 Å². The standard InChI is InChI=1S/C15H22N4O2/c1-11-9-12(2)19-14(18-11)13(10-17-19)15(21)16-7-5-3-4-6-8-20/h9-10,20H,3-8H2,1-2H3,(H,16,21). The monoisotopic (exact) mass is 290 g/mol. The third kappa shape index (κ3) is 3.78. The number of hydrogen-bond donors (Lipinski definition) is 2. The molecule has 0 atom stereocenters. The van der Waals surface area contributed by atoms with Crippen molar-refractivity contribution >= 4 is 11.6 Å². The first-order chi connectivity index (χ1) is 10.1. The molecular formula is C15H22N4O2. The van der Waals surface area contributed by atoms with Crippen molar-refractivity contribution in [1.82, 2.24) is 19.9 Å². The van der Waals surface area contributed by atoms with Gasteiger partial charge in [-0.15, -0.1) is 0 Å². The second-order valence-electron chi connectivity index (χ2n) is 5.23. The molecule has 0 aromatic carbocycles. The second kappa shape index (κ2) is 7.17. The number of aromatic nitrogens is 3. The summed E-state index contributed by atoms with van der Waals surface area (Å²) in [5.41, 5.74) is 2.95. The summed E-state index contributed by atoms with van der Waals surface area (Å²) in [5.74, 6) is -0.135. The topological polar surface area (TPSA) is 79.5 Å². The highest BCUT2D eigenvalue weighted by atomic mass is 16.2. The van der Waals surface area contributed by atoms with Crippen LogP contribution in [0.1, 0.15) is 47.4 Å². The molecule has 2 rings (SSSR count). The summed E-state index contributed by atoms with van der Waals surface area (Å²) < 4.78 is 1.68. The second-order valence-corrected chi connectivity index (χ2v) is 5.23. The van der Waals surface area contributed by atoms with Gasteiger partial charge in [-0.2, -0.15) is 5.10 Å². The van der Waals surface area contributed by atoms with Crippen molar-refractivity contribution in [3.8, 4) is 0 Å². The molecule has 2 aromatic heterocycles. The highest BCUT2D eigenvalue weighted by Crippen LogP contribution is 2.11. The quantitative estimate of drug-likeness (QED) is 0.760. The minimum absolute atomic E-state index is 0.135. The van der Waals surface area contributed by atoms with Gasteiger partial charge in [0.1, 0.15) is 5.56 Å². The van der Waals surface area contributed by atoms with Crippen molar-refractivity contribution in [3.63, 3.8) is 0 Å². The fraction of sp³-hybridized carbons (Fsp3) is 0.533. The van der Waals surface area contributed by atoms with Gasteiger partial charge in [-0.25, -0.2) is 9.50 Å². The fourth-order valence-electron chi connectivity index (χ4n) is 2.32. The van der Waals surface area contributed by atoms with Gasteiger partial charge in [0.2, 0.25) is 0 Å². The van der Waals surface area contributed by atoms with Crippen molar-refractivity contribution < 1.29 is 9.90 Å². The van der Waals surface area contributed by atoms with E-state index in [1.165, 1.54) is 0 Å². The van der Waals surface area contributed by atoms with Gasteiger partial charge >= 0.3 is 0 Å². The lowest BCUT2D eigenvalue weighted by atomic mass is 10.2. The zero-order valence-corrected chi connectivity index (χ0v) is 12.6. The lowest BCUT2D eigenvalue weighted by Gasteiger charge is -2.05. The molecule has 6 nitrogen and oxygen atoms in total. The maximum atomic E-state index is 12.2. The average Bonchev–Trinajstić information content (AvgIpc) is 2.86. The Morgan fingerprint density at radius 2 is 2.05 bits per heavy atom. The summed E-state index contributed by atoms with van der Waals surface area (Å²) in [6.07, 6.45) is 5.30. The zero-order chi connectivity index (χ0) is 15.2. The van der Waals surface area contributed by atoms with Crippen molar-refractivity contribution in [2.24, 2.45) is 0 Å². The summed E-state index contributed by atoms with van der Waals surface area (Å²) in [4.78, 5) is 16.6. The van der Waals surface area contributed by atoms with Gasteiger partial charge in [-0.1, -0.05) is 12.8 Å². The zero-order valence-electron chi connectivity index (χ0n) is 12.6. The molecule has 0 saturated heterocycles. The maximum Gasteiger partial charge on any atom is 0.256 e. The summed E-state index contributed by atoms with van der Waals surface area (Å²) >= 11 is 0.